The van der Waals surface area contributed by atoms with E-state index in [4.69, 9.17) is 9.97 Å². The summed E-state index contributed by atoms with van der Waals surface area (Å²) >= 11 is 1.48. The van der Waals surface area contributed by atoms with Crippen LogP contribution in [0.4, 0.5) is 0 Å². The lowest BCUT2D eigenvalue weighted by Crippen LogP contribution is -2.42. The van der Waals surface area contributed by atoms with Crippen LogP contribution in [0.1, 0.15) is 92.3 Å². The number of nitrogens with one attached hydrogen (secondary N) is 1. The van der Waals surface area contributed by atoms with Crippen molar-refractivity contribution in [2.24, 2.45) is 0 Å². The van der Waals surface area contributed by atoms with E-state index in [0.717, 1.165) is 104 Å². The average molecular weight is 653 g/mol. The van der Waals surface area contributed by atoms with Gasteiger partial charge in [0.15, 0.2) is 5.16 Å². The van der Waals surface area contributed by atoms with Crippen molar-refractivity contribution in [3.05, 3.63) is 128 Å². The zero-order valence-corrected chi connectivity index (χ0v) is 28.1. The minimum atomic E-state index is -0.195. The van der Waals surface area contributed by atoms with Gasteiger partial charge in [-0.2, -0.15) is 0 Å². The number of hydrogen-bond donors (Lipinski definition) is 1. The minimum Gasteiger partial charge on any atom is -0.310 e. The van der Waals surface area contributed by atoms with Crippen LogP contribution in [0.5, 0.6) is 0 Å². The standard InChI is InChI=1S/C41H40N4O2S/c46-37-33-35(30-18-8-6-14-27(30)24-40(33)20-10-2-11-21-40)42-32(43-37)26-48-39-44-36-31-19-9-7-15-28(31)25-41(22-12-3-13-23-41)34(36)38(47)45(39)29-16-4-1-5-17-29/h1,4-9,14-19H,2-3,10-13,20-26H2,(H,42,43,46). The molecule has 48 heavy (non-hydrogen) atoms. The second-order valence-electron chi connectivity index (χ2n) is 14.5. The summed E-state index contributed by atoms with van der Waals surface area (Å²) in [5.74, 6) is 1.00. The van der Waals surface area contributed by atoms with Gasteiger partial charge in [-0.15, -0.1) is 0 Å². The molecule has 5 aromatic rings. The van der Waals surface area contributed by atoms with E-state index in [0.29, 0.717) is 16.7 Å². The lowest BCUT2D eigenvalue weighted by Gasteiger charge is -2.42. The van der Waals surface area contributed by atoms with E-state index in [1.807, 2.05) is 41.0 Å². The lowest BCUT2D eigenvalue weighted by molar-refractivity contribution is 0.283. The monoisotopic (exact) mass is 652 g/mol. The number of aromatic amines is 1. The summed E-state index contributed by atoms with van der Waals surface area (Å²) < 4.78 is 1.82. The van der Waals surface area contributed by atoms with Gasteiger partial charge in [0.25, 0.3) is 11.1 Å². The summed E-state index contributed by atoms with van der Waals surface area (Å²) in [7, 11) is 0. The molecular weight excluding hydrogens is 613 g/mol. The van der Waals surface area contributed by atoms with Crippen molar-refractivity contribution < 1.29 is 0 Å². The Morgan fingerprint density at radius 2 is 1.19 bits per heavy atom. The van der Waals surface area contributed by atoms with Gasteiger partial charge in [0.2, 0.25) is 0 Å². The first-order valence-corrected chi connectivity index (χ1v) is 18.7. The van der Waals surface area contributed by atoms with Crippen molar-refractivity contribution in [3.8, 4) is 28.2 Å². The molecule has 0 unspecified atom stereocenters. The van der Waals surface area contributed by atoms with Crippen LogP contribution in [0.2, 0.25) is 0 Å². The second kappa shape index (κ2) is 11.7. The number of thioether (sulfide) groups is 1. The molecule has 2 heterocycles. The summed E-state index contributed by atoms with van der Waals surface area (Å²) in [6.45, 7) is 0. The highest BCUT2D eigenvalue weighted by Crippen LogP contribution is 2.50. The Morgan fingerprint density at radius 1 is 0.646 bits per heavy atom. The van der Waals surface area contributed by atoms with Crippen molar-refractivity contribution in [2.45, 2.75) is 98.8 Å². The molecule has 7 heteroatoms. The molecule has 2 aromatic heterocycles. The van der Waals surface area contributed by atoms with Crippen LogP contribution in [0, 0.1) is 0 Å². The predicted molar refractivity (Wildman–Crippen MR) is 192 cm³/mol. The molecule has 0 atom stereocenters. The Balaban J connectivity index is 1.18. The number of rotatable bonds is 4. The third kappa shape index (κ3) is 4.76. The zero-order chi connectivity index (χ0) is 32.3. The van der Waals surface area contributed by atoms with Crippen LogP contribution in [-0.4, -0.2) is 19.5 Å². The third-order valence-corrected chi connectivity index (χ3v) is 12.6. The normalized spacial score (nSPS) is 18.5. The second-order valence-corrected chi connectivity index (χ2v) is 15.4. The SMILES string of the molecule is O=c1[nH]c(CSc2nc3c(c(=O)n2-c2ccccc2)C2(CCCCC2)Cc2ccccc2-3)nc2c1C1(CCCCC1)Cc1ccccc1-2. The number of fused-ring (bicyclic) bond motifs is 8. The van der Waals surface area contributed by atoms with Gasteiger partial charge in [-0.05, 0) is 61.8 Å². The summed E-state index contributed by atoms with van der Waals surface area (Å²) in [6, 6.07) is 26.9. The first-order chi connectivity index (χ1) is 23.6. The number of benzene rings is 3. The van der Waals surface area contributed by atoms with Crippen LogP contribution in [-0.2, 0) is 29.4 Å². The summed E-state index contributed by atoms with van der Waals surface area (Å²) in [5.41, 5.74) is 8.61. The topological polar surface area (TPSA) is 80.6 Å². The smallest absolute Gasteiger partial charge is 0.263 e. The first-order valence-electron chi connectivity index (χ1n) is 17.7. The van der Waals surface area contributed by atoms with E-state index < -0.39 is 0 Å². The Bertz CT molecular complexity index is 2160. The van der Waals surface area contributed by atoms with Gasteiger partial charge in [0.05, 0.1) is 34.0 Å². The Labute approximate surface area is 285 Å². The molecule has 3 aromatic carbocycles. The Hall–Kier alpha value is -4.23. The summed E-state index contributed by atoms with van der Waals surface area (Å²) in [4.78, 5) is 42.8. The van der Waals surface area contributed by atoms with E-state index in [1.54, 1.807) is 0 Å². The maximum Gasteiger partial charge on any atom is 0.263 e. The fourth-order valence-corrected chi connectivity index (χ4v) is 10.4. The molecule has 4 aliphatic rings. The molecule has 0 amide bonds. The van der Waals surface area contributed by atoms with Gasteiger partial charge in [-0.3, -0.25) is 14.2 Å². The molecule has 0 aliphatic heterocycles. The number of aromatic nitrogens is 4. The van der Waals surface area contributed by atoms with Crippen molar-refractivity contribution in [2.75, 3.05) is 0 Å². The predicted octanol–water partition coefficient (Wildman–Crippen LogP) is 8.46. The molecule has 0 bridgehead atoms. The number of hydrogen-bond acceptors (Lipinski definition) is 5. The van der Waals surface area contributed by atoms with Gasteiger partial charge in [-0.25, -0.2) is 9.97 Å². The van der Waals surface area contributed by atoms with E-state index in [1.165, 1.54) is 35.7 Å². The maximum atomic E-state index is 14.9. The Kier molecular flexibility index (Phi) is 7.30. The van der Waals surface area contributed by atoms with Gasteiger partial charge >= 0.3 is 0 Å². The quantitative estimate of drug-likeness (QED) is 0.156. The van der Waals surface area contributed by atoms with Gasteiger partial charge in [0, 0.05) is 22.0 Å². The van der Waals surface area contributed by atoms with E-state index >= 15 is 0 Å². The zero-order valence-electron chi connectivity index (χ0n) is 27.3. The molecule has 2 spiro atoms. The molecule has 0 radical (unpaired) electrons. The van der Waals surface area contributed by atoms with Crippen LogP contribution >= 0.6 is 11.8 Å². The van der Waals surface area contributed by atoms with E-state index in [2.05, 4.69) is 47.4 Å². The molecule has 1 N–H and O–H groups in total. The van der Waals surface area contributed by atoms with E-state index in [-0.39, 0.29) is 21.9 Å². The molecule has 4 aliphatic carbocycles. The highest BCUT2D eigenvalue weighted by Gasteiger charge is 2.44. The molecule has 0 saturated heterocycles. The van der Waals surface area contributed by atoms with Crippen molar-refractivity contribution in [3.63, 3.8) is 0 Å². The van der Waals surface area contributed by atoms with Crippen molar-refractivity contribution in [1.82, 2.24) is 19.5 Å². The fraction of sp³-hybridized carbons (Fsp3) is 0.366. The van der Waals surface area contributed by atoms with Crippen molar-refractivity contribution >= 4 is 11.8 Å². The third-order valence-electron chi connectivity index (χ3n) is 11.7. The number of nitrogens with zero attached hydrogens (tertiary/aromatic N) is 3. The average Bonchev–Trinajstić information content (AvgIpc) is 3.11. The summed E-state index contributed by atoms with van der Waals surface area (Å²) in [5, 5.41) is 0.622. The van der Waals surface area contributed by atoms with E-state index in [9.17, 15) is 9.59 Å². The minimum absolute atomic E-state index is 0.0148. The molecule has 6 nitrogen and oxygen atoms in total. The number of H-pyrrole nitrogens is 1. The fourth-order valence-electron chi connectivity index (χ4n) is 9.51. The molecule has 242 valence electrons. The van der Waals surface area contributed by atoms with Gasteiger partial charge in [-0.1, -0.05) is 117 Å². The molecular formula is C41H40N4O2S. The highest BCUT2D eigenvalue weighted by atomic mass is 32.2. The van der Waals surface area contributed by atoms with Crippen LogP contribution < -0.4 is 11.1 Å². The number of para-hydroxylation sites is 1. The molecule has 2 fully saturated rings. The van der Waals surface area contributed by atoms with Crippen LogP contribution in [0.15, 0.2) is 93.6 Å². The van der Waals surface area contributed by atoms with Gasteiger partial charge < -0.3 is 4.98 Å². The summed E-state index contributed by atoms with van der Waals surface area (Å²) in [6.07, 6.45) is 12.8. The first kappa shape index (κ1) is 29.9. The lowest BCUT2D eigenvalue weighted by atomic mass is 9.62. The van der Waals surface area contributed by atoms with Crippen molar-refractivity contribution in [1.29, 1.82) is 0 Å². The Morgan fingerprint density at radius 3 is 1.81 bits per heavy atom. The molecule has 2 saturated carbocycles. The van der Waals surface area contributed by atoms with Crippen LogP contribution in [0.3, 0.4) is 0 Å². The largest absolute Gasteiger partial charge is 0.310 e. The molecule has 9 rings (SSSR count). The maximum absolute atomic E-state index is 14.9. The highest BCUT2D eigenvalue weighted by molar-refractivity contribution is 7.98. The van der Waals surface area contributed by atoms with Crippen LogP contribution in [0.25, 0.3) is 28.2 Å². The van der Waals surface area contributed by atoms with Gasteiger partial charge in [0.1, 0.15) is 5.82 Å².